The van der Waals surface area contributed by atoms with Crippen LogP contribution in [0.3, 0.4) is 0 Å². The van der Waals surface area contributed by atoms with Crippen LogP contribution in [0.1, 0.15) is 71.6 Å². The number of nitrogens with one attached hydrogen (secondary N) is 2. The summed E-state index contributed by atoms with van der Waals surface area (Å²) in [4.78, 5) is 24.9. The van der Waals surface area contributed by atoms with E-state index in [1.807, 2.05) is 18.2 Å². The molecule has 1 aromatic rings. The zero-order valence-corrected chi connectivity index (χ0v) is 16.8. The Morgan fingerprint density at radius 2 is 1.68 bits per heavy atom. The van der Waals surface area contributed by atoms with Crippen LogP contribution in [-0.4, -0.2) is 23.1 Å². The Bertz CT molecular complexity index is 762. The lowest BCUT2D eigenvalue weighted by atomic mass is 9.76. The number of hydrogen-bond acceptors (Lipinski definition) is 4. The van der Waals surface area contributed by atoms with Crippen molar-refractivity contribution in [2.75, 3.05) is 5.32 Å². The Balaban J connectivity index is 1.49. The van der Waals surface area contributed by atoms with Gasteiger partial charge < -0.3 is 20.1 Å². The quantitative estimate of drug-likeness (QED) is 0.818. The molecule has 2 aliphatic carbocycles. The van der Waals surface area contributed by atoms with Crippen LogP contribution in [0, 0.1) is 5.92 Å². The summed E-state index contributed by atoms with van der Waals surface area (Å²) in [6, 6.07) is 5.54. The topological polar surface area (TPSA) is 76.7 Å². The zero-order valence-electron chi connectivity index (χ0n) is 16.8. The van der Waals surface area contributed by atoms with Gasteiger partial charge in [0.05, 0.1) is 0 Å². The molecule has 2 fully saturated rings. The van der Waals surface area contributed by atoms with Crippen molar-refractivity contribution in [1.29, 1.82) is 0 Å². The van der Waals surface area contributed by atoms with Gasteiger partial charge in [-0.15, -0.1) is 0 Å². The summed E-state index contributed by atoms with van der Waals surface area (Å²) in [6.07, 6.45) is 8.40. The number of benzene rings is 1. The second kappa shape index (κ2) is 7.30. The number of carbonyl (C=O) groups is 2. The van der Waals surface area contributed by atoms with Gasteiger partial charge in [-0.2, -0.15) is 0 Å². The third-order valence-corrected chi connectivity index (χ3v) is 6.39. The Morgan fingerprint density at radius 3 is 2.36 bits per heavy atom. The second-order valence-electron chi connectivity index (χ2n) is 8.74. The van der Waals surface area contributed by atoms with E-state index < -0.39 is 11.3 Å². The highest BCUT2D eigenvalue weighted by molar-refractivity contribution is 6.00. The normalized spacial score (nSPS) is 28.0. The maximum Gasteiger partial charge on any atom is 0.251 e. The summed E-state index contributed by atoms with van der Waals surface area (Å²) in [7, 11) is 0. The first-order valence-corrected chi connectivity index (χ1v) is 10.5. The maximum absolute atomic E-state index is 13.1. The smallest absolute Gasteiger partial charge is 0.251 e. The zero-order chi connectivity index (χ0) is 19.8. The molecule has 2 amide bonds. The van der Waals surface area contributed by atoms with Crippen molar-refractivity contribution in [2.45, 2.75) is 83.0 Å². The van der Waals surface area contributed by atoms with E-state index in [4.69, 9.17) is 9.47 Å². The van der Waals surface area contributed by atoms with Crippen LogP contribution >= 0.6 is 0 Å². The summed E-state index contributed by atoms with van der Waals surface area (Å²) < 4.78 is 12.3. The Morgan fingerprint density at radius 1 is 1.00 bits per heavy atom. The first-order valence-electron chi connectivity index (χ1n) is 10.5. The van der Waals surface area contributed by atoms with E-state index in [1.165, 1.54) is 13.3 Å². The molecule has 1 aliphatic heterocycles. The molecule has 3 aliphatic rings. The summed E-state index contributed by atoms with van der Waals surface area (Å²) in [5.74, 6) is 1.15. The average Bonchev–Trinajstić information content (AvgIpc) is 3.00. The molecular weight excluding hydrogens is 356 g/mol. The number of fused-ring (bicyclic) bond motifs is 1. The van der Waals surface area contributed by atoms with Crippen LogP contribution in [-0.2, 0) is 9.59 Å². The van der Waals surface area contributed by atoms with Crippen molar-refractivity contribution in [2.24, 2.45) is 5.92 Å². The van der Waals surface area contributed by atoms with Crippen LogP contribution in [0.25, 0.3) is 0 Å². The molecule has 0 atom stereocenters. The molecule has 0 bridgehead atoms. The molecule has 4 rings (SSSR count). The molecule has 1 aromatic carbocycles. The standard InChI is InChI=1S/C22H30N2O4/c1-15-8-12-21(13-9-15,24-16(2)25)20(26)23-17-6-7-18-19(14-17)28-22(27-18)10-4-3-5-11-22/h6-7,14-15H,3-5,8-13H2,1-2H3,(H,23,26)(H,24,25). The Hall–Kier alpha value is -2.24. The Labute approximate surface area is 166 Å². The lowest BCUT2D eigenvalue weighted by Crippen LogP contribution is -2.57. The molecule has 1 heterocycles. The molecule has 0 radical (unpaired) electrons. The lowest BCUT2D eigenvalue weighted by Gasteiger charge is -2.38. The molecule has 2 saturated carbocycles. The van der Waals surface area contributed by atoms with Gasteiger partial charge >= 0.3 is 0 Å². The largest absolute Gasteiger partial charge is 0.448 e. The highest BCUT2D eigenvalue weighted by Gasteiger charge is 2.44. The number of anilines is 1. The van der Waals surface area contributed by atoms with E-state index in [0.717, 1.165) is 44.3 Å². The second-order valence-corrected chi connectivity index (χ2v) is 8.74. The number of rotatable bonds is 3. The number of ether oxygens (including phenoxy) is 2. The Kier molecular flexibility index (Phi) is 4.98. The summed E-state index contributed by atoms with van der Waals surface area (Å²) >= 11 is 0. The lowest BCUT2D eigenvalue weighted by molar-refractivity contribution is -0.131. The van der Waals surface area contributed by atoms with Gasteiger partial charge in [0, 0.05) is 31.5 Å². The SMILES string of the molecule is CC(=O)NC1(C(=O)Nc2ccc3c(c2)OC2(CCCCC2)O3)CCC(C)CC1. The minimum atomic E-state index is -0.834. The summed E-state index contributed by atoms with van der Waals surface area (Å²) in [5, 5.41) is 5.93. The molecule has 6 nitrogen and oxygen atoms in total. The molecule has 28 heavy (non-hydrogen) atoms. The molecule has 2 N–H and O–H groups in total. The van der Waals surface area contributed by atoms with E-state index in [9.17, 15) is 9.59 Å². The van der Waals surface area contributed by atoms with E-state index >= 15 is 0 Å². The fourth-order valence-corrected chi connectivity index (χ4v) is 4.72. The molecule has 1 spiro atoms. The summed E-state index contributed by atoms with van der Waals surface area (Å²) in [5.41, 5.74) is -0.164. The minimum Gasteiger partial charge on any atom is -0.448 e. The number of hydrogen-bond donors (Lipinski definition) is 2. The molecule has 6 heteroatoms. The number of carbonyl (C=O) groups excluding carboxylic acids is 2. The van der Waals surface area contributed by atoms with Gasteiger partial charge in [0.2, 0.25) is 11.8 Å². The van der Waals surface area contributed by atoms with Gasteiger partial charge in [-0.25, -0.2) is 0 Å². The third kappa shape index (κ3) is 3.69. The molecule has 152 valence electrons. The van der Waals surface area contributed by atoms with Crippen molar-refractivity contribution in [3.63, 3.8) is 0 Å². The minimum absolute atomic E-state index is 0.152. The molecule has 0 unspecified atom stereocenters. The fraction of sp³-hybridized carbons (Fsp3) is 0.636. The van der Waals surface area contributed by atoms with Crippen molar-refractivity contribution < 1.29 is 19.1 Å². The van der Waals surface area contributed by atoms with Gasteiger partial charge in [-0.1, -0.05) is 13.3 Å². The van der Waals surface area contributed by atoms with Gasteiger partial charge in [-0.3, -0.25) is 9.59 Å². The highest BCUT2D eigenvalue weighted by atomic mass is 16.7. The average molecular weight is 386 g/mol. The van der Waals surface area contributed by atoms with Crippen LogP contribution in [0.15, 0.2) is 18.2 Å². The molecular formula is C22H30N2O4. The first-order chi connectivity index (χ1) is 13.4. The van der Waals surface area contributed by atoms with Gasteiger partial charge in [0.25, 0.3) is 5.79 Å². The van der Waals surface area contributed by atoms with Crippen molar-refractivity contribution >= 4 is 17.5 Å². The van der Waals surface area contributed by atoms with Gasteiger partial charge in [-0.05, 0) is 56.6 Å². The molecule has 0 saturated heterocycles. The van der Waals surface area contributed by atoms with Crippen LogP contribution in [0.5, 0.6) is 11.5 Å². The van der Waals surface area contributed by atoms with Crippen LogP contribution < -0.4 is 20.1 Å². The maximum atomic E-state index is 13.1. The van der Waals surface area contributed by atoms with E-state index in [-0.39, 0.29) is 11.8 Å². The third-order valence-electron chi connectivity index (χ3n) is 6.39. The molecule has 0 aromatic heterocycles. The van der Waals surface area contributed by atoms with Crippen molar-refractivity contribution in [3.05, 3.63) is 18.2 Å². The van der Waals surface area contributed by atoms with Crippen molar-refractivity contribution in [1.82, 2.24) is 5.32 Å². The van der Waals surface area contributed by atoms with E-state index in [0.29, 0.717) is 30.2 Å². The van der Waals surface area contributed by atoms with Gasteiger partial charge in [0.15, 0.2) is 11.5 Å². The summed E-state index contributed by atoms with van der Waals surface area (Å²) in [6.45, 7) is 3.66. The van der Waals surface area contributed by atoms with E-state index in [1.54, 1.807) is 0 Å². The monoisotopic (exact) mass is 386 g/mol. The van der Waals surface area contributed by atoms with Crippen LogP contribution in [0.2, 0.25) is 0 Å². The fourth-order valence-electron chi connectivity index (χ4n) is 4.72. The first kappa shape index (κ1) is 19.1. The van der Waals surface area contributed by atoms with Gasteiger partial charge in [0.1, 0.15) is 5.54 Å². The highest BCUT2D eigenvalue weighted by Crippen LogP contribution is 2.46. The predicted molar refractivity (Wildman–Crippen MR) is 106 cm³/mol. The van der Waals surface area contributed by atoms with E-state index in [2.05, 4.69) is 17.6 Å². The van der Waals surface area contributed by atoms with Crippen LogP contribution in [0.4, 0.5) is 5.69 Å². The van der Waals surface area contributed by atoms with Crippen molar-refractivity contribution in [3.8, 4) is 11.5 Å². The number of amides is 2. The predicted octanol–water partition coefficient (Wildman–Crippen LogP) is 4.14.